The van der Waals surface area contributed by atoms with Crippen LogP contribution in [0, 0.1) is 0 Å². The second-order valence-electron chi connectivity index (χ2n) is 9.33. The summed E-state index contributed by atoms with van der Waals surface area (Å²) in [7, 11) is 3.34. The van der Waals surface area contributed by atoms with Crippen molar-refractivity contribution >= 4 is 23.2 Å². The van der Waals surface area contributed by atoms with Crippen LogP contribution in [0.15, 0.2) is 66.9 Å². The van der Waals surface area contributed by atoms with Crippen molar-refractivity contribution in [3.8, 4) is 11.5 Å². The number of hydrogen-bond acceptors (Lipinski definition) is 7. The summed E-state index contributed by atoms with van der Waals surface area (Å²) in [4.78, 5) is 38.7. The van der Waals surface area contributed by atoms with Crippen molar-refractivity contribution in [3.63, 3.8) is 0 Å². The number of anilines is 2. The van der Waals surface area contributed by atoms with Gasteiger partial charge in [-0.2, -0.15) is 0 Å². The van der Waals surface area contributed by atoms with Crippen molar-refractivity contribution < 1.29 is 19.1 Å². The van der Waals surface area contributed by atoms with Crippen LogP contribution in [0.3, 0.4) is 0 Å². The third-order valence-electron chi connectivity index (χ3n) is 7.22. The van der Waals surface area contributed by atoms with E-state index in [0.29, 0.717) is 50.5 Å². The summed E-state index contributed by atoms with van der Waals surface area (Å²) < 4.78 is 11.0. The predicted molar refractivity (Wildman–Crippen MR) is 146 cm³/mol. The van der Waals surface area contributed by atoms with Crippen molar-refractivity contribution in [2.45, 2.75) is 0 Å². The number of benzene rings is 2. The largest absolute Gasteiger partial charge is 0.495 e. The molecule has 9 nitrogen and oxygen atoms in total. The standard InChI is InChI=1S/C29H33N5O4/c1-37-26-9-5-3-7-24(26)31-13-17-33(18-14-31)28(35)22-11-12-23(30-21-22)29(36)34-19-15-32(16-20-34)25-8-4-6-10-27(25)38-2/h3-12,21H,13-20H2,1-2H3. The lowest BCUT2D eigenvalue weighted by Gasteiger charge is -2.37. The number of rotatable bonds is 6. The van der Waals surface area contributed by atoms with Gasteiger partial charge in [-0.05, 0) is 36.4 Å². The van der Waals surface area contributed by atoms with Crippen LogP contribution in [0.25, 0.3) is 0 Å². The molecule has 0 unspecified atom stereocenters. The minimum atomic E-state index is -0.117. The number of carbonyl (C=O) groups is 2. The first-order valence-corrected chi connectivity index (χ1v) is 12.9. The Balaban J connectivity index is 1.15. The van der Waals surface area contributed by atoms with Crippen LogP contribution >= 0.6 is 0 Å². The van der Waals surface area contributed by atoms with Crippen molar-refractivity contribution in [1.82, 2.24) is 14.8 Å². The highest BCUT2D eigenvalue weighted by molar-refractivity contribution is 5.96. The zero-order valence-electron chi connectivity index (χ0n) is 21.9. The molecule has 2 saturated heterocycles. The summed E-state index contributed by atoms with van der Waals surface area (Å²) in [5, 5.41) is 0. The van der Waals surface area contributed by atoms with Crippen molar-refractivity contribution in [1.29, 1.82) is 0 Å². The van der Waals surface area contributed by atoms with Crippen LogP contribution in [-0.4, -0.2) is 93.2 Å². The molecule has 0 spiro atoms. The molecule has 38 heavy (non-hydrogen) atoms. The topological polar surface area (TPSA) is 78.5 Å². The molecule has 0 radical (unpaired) electrons. The number of para-hydroxylation sites is 4. The Morgan fingerprint density at radius 2 is 1.11 bits per heavy atom. The Morgan fingerprint density at radius 3 is 1.55 bits per heavy atom. The lowest BCUT2D eigenvalue weighted by molar-refractivity contribution is 0.0729. The quantitative estimate of drug-likeness (QED) is 0.499. The predicted octanol–water partition coefficient (Wildman–Crippen LogP) is 3.02. The summed E-state index contributed by atoms with van der Waals surface area (Å²) in [5.74, 6) is 1.48. The average Bonchev–Trinajstić information content (AvgIpc) is 3.00. The zero-order valence-corrected chi connectivity index (χ0v) is 21.9. The van der Waals surface area contributed by atoms with Gasteiger partial charge in [0.15, 0.2) is 0 Å². The highest BCUT2D eigenvalue weighted by atomic mass is 16.5. The molecule has 3 heterocycles. The van der Waals surface area contributed by atoms with E-state index in [0.717, 1.165) is 36.0 Å². The Labute approximate surface area is 223 Å². The molecule has 0 N–H and O–H groups in total. The average molecular weight is 516 g/mol. The molecule has 0 saturated carbocycles. The third kappa shape index (κ3) is 5.22. The second kappa shape index (κ2) is 11.4. The SMILES string of the molecule is COc1ccccc1N1CCN(C(=O)c2ccc(C(=O)N3CCN(c4ccccc4OC)CC3)nc2)CC1. The second-order valence-corrected chi connectivity index (χ2v) is 9.33. The molecule has 198 valence electrons. The number of nitrogens with zero attached hydrogens (tertiary/aromatic N) is 5. The molecule has 1 aromatic heterocycles. The summed E-state index contributed by atoms with van der Waals surface area (Å²) in [6.07, 6.45) is 1.52. The lowest BCUT2D eigenvalue weighted by Crippen LogP contribution is -2.49. The van der Waals surface area contributed by atoms with Gasteiger partial charge in [0.25, 0.3) is 11.8 Å². The number of piperazine rings is 2. The maximum Gasteiger partial charge on any atom is 0.272 e. The molecule has 2 aliphatic rings. The highest BCUT2D eigenvalue weighted by Gasteiger charge is 2.26. The van der Waals surface area contributed by atoms with Crippen LogP contribution in [0.4, 0.5) is 11.4 Å². The summed E-state index contributed by atoms with van der Waals surface area (Å²) in [5.41, 5.74) is 2.92. The molecule has 2 aromatic carbocycles. The van der Waals surface area contributed by atoms with Gasteiger partial charge in [0.2, 0.25) is 0 Å². The normalized spacial score (nSPS) is 15.8. The van der Waals surface area contributed by atoms with Gasteiger partial charge in [-0.15, -0.1) is 0 Å². The molecule has 2 amide bonds. The van der Waals surface area contributed by atoms with Gasteiger partial charge in [-0.25, -0.2) is 0 Å². The van der Waals surface area contributed by atoms with Crippen LogP contribution in [0.2, 0.25) is 0 Å². The number of carbonyl (C=O) groups excluding carboxylic acids is 2. The van der Waals surface area contributed by atoms with E-state index in [1.807, 2.05) is 58.3 Å². The van der Waals surface area contributed by atoms with Gasteiger partial charge in [-0.3, -0.25) is 14.6 Å². The van der Waals surface area contributed by atoms with Crippen molar-refractivity contribution in [2.24, 2.45) is 0 Å². The van der Waals surface area contributed by atoms with Crippen molar-refractivity contribution in [3.05, 3.63) is 78.1 Å². The van der Waals surface area contributed by atoms with E-state index in [1.165, 1.54) is 6.20 Å². The van der Waals surface area contributed by atoms with E-state index in [-0.39, 0.29) is 11.8 Å². The molecule has 0 atom stereocenters. The number of amides is 2. The van der Waals surface area contributed by atoms with Crippen molar-refractivity contribution in [2.75, 3.05) is 76.4 Å². The molecule has 0 aliphatic carbocycles. The van der Waals surface area contributed by atoms with Crippen LogP contribution in [-0.2, 0) is 0 Å². The lowest BCUT2D eigenvalue weighted by atomic mass is 10.1. The monoisotopic (exact) mass is 515 g/mol. The minimum absolute atomic E-state index is 0.0680. The third-order valence-corrected chi connectivity index (χ3v) is 7.22. The smallest absolute Gasteiger partial charge is 0.272 e. The highest BCUT2D eigenvalue weighted by Crippen LogP contribution is 2.29. The fraction of sp³-hybridized carbons (Fsp3) is 0.345. The number of ether oxygens (including phenoxy) is 2. The van der Waals surface area contributed by atoms with E-state index in [4.69, 9.17) is 9.47 Å². The molecular formula is C29H33N5O4. The summed E-state index contributed by atoms with van der Waals surface area (Å²) in [6, 6.07) is 19.2. The molecule has 5 rings (SSSR count). The fourth-order valence-corrected chi connectivity index (χ4v) is 5.07. The van der Waals surface area contributed by atoms with E-state index in [9.17, 15) is 9.59 Å². The summed E-state index contributed by atoms with van der Waals surface area (Å²) >= 11 is 0. The maximum atomic E-state index is 13.1. The first kappa shape index (κ1) is 25.4. The Hall–Kier alpha value is -4.27. The first-order chi connectivity index (χ1) is 18.6. The van der Waals surface area contributed by atoms with Crippen LogP contribution in [0.1, 0.15) is 20.8 Å². The van der Waals surface area contributed by atoms with Gasteiger partial charge in [0.1, 0.15) is 17.2 Å². The minimum Gasteiger partial charge on any atom is -0.495 e. The van der Waals surface area contributed by atoms with E-state index in [2.05, 4.69) is 14.8 Å². The molecule has 0 bridgehead atoms. The molecule has 2 aliphatic heterocycles. The maximum absolute atomic E-state index is 13.1. The van der Waals surface area contributed by atoms with Gasteiger partial charge in [0, 0.05) is 58.6 Å². The van der Waals surface area contributed by atoms with Gasteiger partial charge in [-0.1, -0.05) is 24.3 Å². The van der Waals surface area contributed by atoms with E-state index in [1.54, 1.807) is 26.4 Å². The number of methoxy groups -OCH3 is 2. The Kier molecular flexibility index (Phi) is 7.62. The van der Waals surface area contributed by atoms with Gasteiger partial charge >= 0.3 is 0 Å². The van der Waals surface area contributed by atoms with Crippen LogP contribution < -0.4 is 19.3 Å². The van der Waals surface area contributed by atoms with E-state index < -0.39 is 0 Å². The fourth-order valence-electron chi connectivity index (χ4n) is 5.07. The first-order valence-electron chi connectivity index (χ1n) is 12.9. The molecular weight excluding hydrogens is 482 g/mol. The van der Waals surface area contributed by atoms with Gasteiger partial charge in [0.05, 0.1) is 31.2 Å². The van der Waals surface area contributed by atoms with Gasteiger partial charge < -0.3 is 29.1 Å². The molecule has 2 fully saturated rings. The Bertz CT molecular complexity index is 1170. The molecule has 3 aromatic rings. The van der Waals surface area contributed by atoms with E-state index >= 15 is 0 Å². The zero-order chi connectivity index (χ0) is 26.5. The summed E-state index contributed by atoms with van der Waals surface area (Å²) in [6.45, 7) is 5.26. The molecule has 9 heteroatoms. The number of aromatic nitrogens is 1. The Morgan fingerprint density at radius 1 is 0.632 bits per heavy atom. The van der Waals surface area contributed by atoms with Crippen LogP contribution in [0.5, 0.6) is 11.5 Å². The number of pyridine rings is 1. The number of hydrogen-bond donors (Lipinski definition) is 0.